The molecule has 0 aliphatic carbocycles. The number of rotatable bonds is 6. The Morgan fingerprint density at radius 1 is 1.17 bits per heavy atom. The summed E-state index contributed by atoms with van der Waals surface area (Å²) in [5.74, 6) is 0.830. The van der Waals surface area contributed by atoms with Crippen LogP contribution in [0.5, 0.6) is 5.75 Å². The fourth-order valence-corrected chi connectivity index (χ4v) is 2.42. The van der Waals surface area contributed by atoms with Crippen LogP contribution in [0.1, 0.15) is 11.3 Å². The van der Waals surface area contributed by atoms with Gasteiger partial charge in [0.2, 0.25) is 0 Å². The van der Waals surface area contributed by atoms with Gasteiger partial charge in [-0.15, -0.1) is 0 Å². The molecule has 2 heterocycles. The van der Waals surface area contributed by atoms with E-state index in [1.165, 1.54) is 0 Å². The summed E-state index contributed by atoms with van der Waals surface area (Å²) in [6, 6.07) is 15.4. The first-order valence-corrected chi connectivity index (χ1v) is 7.82. The summed E-state index contributed by atoms with van der Waals surface area (Å²) in [7, 11) is 1.64. The summed E-state index contributed by atoms with van der Waals surface area (Å²) in [4.78, 5) is 11.8. The van der Waals surface area contributed by atoms with Crippen LogP contribution < -0.4 is 15.4 Å². The maximum absolute atomic E-state index is 11.8. The van der Waals surface area contributed by atoms with Gasteiger partial charge in [-0.1, -0.05) is 18.2 Å². The molecule has 6 heteroatoms. The first kappa shape index (κ1) is 15.9. The summed E-state index contributed by atoms with van der Waals surface area (Å²) < 4.78 is 6.91. The minimum atomic E-state index is -0.194. The Morgan fingerprint density at radius 2 is 2.00 bits per heavy atom. The molecule has 6 nitrogen and oxygen atoms in total. The molecule has 0 radical (unpaired) electrons. The van der Waals surface area contributed by atoms with E-state index in [0.29, 0.717) is 13.1 Å². The first-order chi connectivity index (χ1) is 11.7. The quantitative estimate of drug-likeness (QED) is 0.731. The zero-order chi connectivity index (χ0) is 16.8. The van der Waals surface area contributed by atoms with E-state index in [4.69, 9.17) is 4.74 Å². The molecular weight excluding hydrogens is 304 g/mol. The molecule has 2 aromatic heterocycles. The van der Waals surface area contributed by atoms with Gasteiger partial charge in [0.1, 0.15) is 5.75 Å². The van der Waals surface area contributed by atoms with E-state index in [-0.39, 0.29) is 6.03 Å². The van der Waals surface area contributed by atoms with Crippen LogP contribution in [-0.4, -0.2) is 29.3 Å². The number of nitrogens with zero attached hydrogens (tertiary/aromatic N) is 2. The van der Waals surface area contributed by atoms with Crippen molar-refractivity contribution in [2.24, 2.45) is 0 Å². The predicted octanol–water partition coefficient (Wildman–Crippen LogP) is 2.38. The van der Waals surface area contributed by atoms with Gasteiger partial charge in [0.25, 0.3) is 0 Å². The lowest BCUT2D eigenvalue weighted by atomic mass is 10.1. The van der Waals surface area contributed by atoms with E-state index >= 15 is 0 Å². The molecule has 24 heavy (non-hydrogen) atoms. The van der Waals surface area contributed by atoms with Crippen molar-refractivity contribution in [1.29, 1.82) is 0 Å². The third-order valence-electron chi connectivity index (χ3n) is 3.71. The fourth-order valence-electron chi connectivity index (χ4n) is 2.42. The molecule has 0 saturated carbocycles. The molecular formula is C18H20N4O2. The molecule has 2 amide bonds. The van der Waals surface area contributed by atoms with E-state index in [0.717, 1.165) is 28.9 Å². The summed E-state index contributed by atoms with van der Waals surface area (Å²) in [6.45, 7) is 0.972. The Bertz CT molecular complexity index is 778. The number of aromatic nitrogens is 2. The first-order valence-electron chi connectivity index (χ1n) is 7.82. The highest BCUT2D eigenvalue weighted by atomic mass is 16.5. The lowest BCUT2D eigenvalue weighted by Crippen LogP contribution is -2.36. The molecule has 3 aromatic rings. The van der Waals surface area contributed by atoms with Crippen molar-refractivity contribution in [2.75, 3.05) is 13.7 Å². The van der Waals surface area contributed by atoms with Crippen molar-refractivity contribution in [1.82, 2.24) is 20.2 Å². The number of fused-ring (bicyclic) bond motifs is 1. The highest BCUT2D eigenvalue weighted by Gasteiger charge is 2.04. The second kappa shape index (κ2) is 7.50. The highest BCUT2D eigenvalue weighted by Crippen LogP contribution is 2.11. The van der Waals surface area contributed by atoms with E-state index in [9.17, 15) is 4.79 Å². The molecule has 0 spiro atoms. The number of nitrogens with one attached hydrogen (secondary N) is 2. The summed E-state index contributed by atoms with van der Waals surface area (Å²) in [5.41, 5.74) is 2.98. The number of methoxy groups -OCH3 is 1. The molecule has 0 fully saturated rings. The van der Waals surface area contributed by atoms with Gasteiger partial charge in [-0.3, -0.25) is 0 Å². The van der Waals surface area contributed by atoms with E-state index in [1.807, 2.05) is 54.7 Å². The molecule has 0 unspecified atom stereocenters. The lowest BCUT2D eigenvalue weighted by Gasteiger charge is -2.07. The highest BCUT2D eigenvalue weighted by molar-refractivity contribution is 5.73. The molecule has 2 N–H and O–H groups in total. The van der Waals surface area contributed by atoms with Crippen molar-refractivity contribution in [3.63, 3.8) is 0 Å². The molecule has 0 saturated heterocycles. The third-order valence-corrected chi connectivity index (χ3v) is 3.71. The monoisotopic (exact) mass is 324 g/mol. The van der Waals surface area contributed by atoms with Gasteiger partial charge in [0.15, 0.2) is 0 Å². The van der Waals surface area contributed by atoms with E-state index < -0.39 is 0 Å². The Balaban J connectivity index is 1.42. The number of hydrogen-bond acceptors (Lipinski definition) is 3. The summed E-state index contributed by atoms with van der Waals surface area (Å²) in [6.07, 6.45) is 2.65. The second-order valence-corrected chi connectivity index (χ2v) is 5.41. The van der Waals surface area contributed by atoms with Gasteiger partial charge in [-0.2, -0.15) is 5.10 Å². The lowest BCUT2D eigenvalue weighted by molar-refractivity contribution is 0.240. The number of hydrogen-bond donors (Lipinski definition) is 2. The van der Waals surface area contributed by atoms with Crippen molar-refractivity contribution < 1.29 is 9.53 Å². The maximum Gasteiger partial charge on any atom is 0.315 e. The largest absolute Gasteiger partial charge is 0.497 e. The van der Waals surface area contributed by atoms with Gasteiger partial charge < -0.3 is 15.4 Å². The summed E-state index contributed by atoms with van der Waals surface area (Å²) in [5, 5.41) is 10.1. The second-order valence-electron chi connectivity index (χ2n) is 5.41. The van der Waals surface area contributed by atoms with Crippen molar-refractivity contribution in [2.45, 2.75) is 13.0 Å². The maximum atomic E-state index is 11.8. The standard InChI is InChI=1S/C18H20N4O2/c1-24-17-7-5-14(6-8-17)9-10-19-18(23)20-13-15-12-16-4-2-3-11-22(16)21-15/h2-8,11-12H,9-10,13H2,1H3,(H2,19,20,23). The smallest absolute Gasteiger partial charge is 0.315 e. The van der Waals surface area contributed by atoms with Gasteiger partial charge in [-0.25, -0.2) is 9.31 Å². The van der Waals surface area contributed by atoms with Gasteiger partial charge in [0, 0.05) is 12.7 Å². The number of carbonyl (C=O) groups is 1. The molecule has 1 aromatic carbocycles. The zero-order valence-corrected chi connectivity index (χ0v) is 13.5. The molecule has 0 bridgehead atoms. The molecule has 0 atom stereocenters. The summed E-state index contributed by atoms with van der Waals surface area (Å²) >= 11 is 0. The average Bonchev–Trinajstić information content (AvgIpc) is 3.03. The van der Waals surface area contributed by atoms with Gasteiger partial charge >= 0.3 is 6.03 Å². The Hall–Kier alpha value is -3.02. The van der Waals surface area contributed by atoms with Gasteiger partial charge in [-0.05, 0) is 42.3 Å². The van der Waals surface area contributed by atoms with Crippen LogP contribution in [-0.2, 0) is 13.0 Å². The predicted molar refractivity (Wildman–Crippen MR) is 92.1 cm³/mol. The van der Waals surface area contributed by atoms with E-state index in [1.54, 1.807) is 11.6 Å². The molecule has 0 aliphatic rings. The number of amides is 2. The van der Waals surface area contributed by atoms with Crippen molar-refractivity contribution >= 4 is 11.5 Å². The topological polar surface area (TPSA) is 67.7 Å². The average molecular weight is 324 g/mol. The number of pyridine rings is 1. The van der Waals surface area contributed by atoms with Gasteiger partial charge in [0.05, 0.1) is 24.9 Å². The molecule has 124 valence electrons. The minimum absolute atomic E-state index is 0.194. The van der Waals surface area contributed by atoms with Crippen LogP contribution in [0.2, 0.25) is 0 Å². The molecule has 0 aliphatic heterocycles. The van der Waals surface area contributed by atoms with Crippen LogP contribution in [0.4, 0.5) is 4.79 Å². The van der Waals surface area contributed by atoms with Crippen LogP contribution in [0.15, 0.2) is 54.7 Å². The van der Waals surface area contributed by atoms with E-state index in [2.05, 4.69) is 15.7 Å². The normalized spacial score (nSPS) is 10.5. The number of ether oxygens (including phenoxy) is 1. The number of urea groups is 1. The minimum Gasteiger partial charge on any atom is -0.497 e. The van der Waals surface area contributed by atoms with Crippen molar-refractivity contribution in [3.8, 4) is 5.75 Å². The van der Waals surface area contributed by atoms with Crippen LogP contribution >= 0.6 is 0 Å². The fraction of sp³-hybridized carbons (Fsp3) is 0.222. The SMILES string of the molecule is COc1ccc(CCNC(=O)NCc2cc3ccccn3n2)cc1. The van der Waals surface area contributed by atoms with Crippen molar-refractivity contribution in [3.05, 3.63) is 66.0 Å². The third kappa shape index (κ3) is 4.04. The Morgan fingerprint density at radius 3 is 2.75 bits per heavy atom. The van der Waals surface area contributed by atoms with Crippen LogP contribution in [0, 0.1) is 0 Å². The zero-order valence-electron chi connectivity index (χ0n) is 13.5. The Kier molecular flexibility index (Phi) is 4.96. The number of benzene rings is 1. The number of carbonyl (C=O) groups excluding carboxylic acids is 1. The molecule has 3 rings (SSSR count). The van der Waals surface area contributed by atoms with Crippen LogP contribution in [0.3, 0.4) is 0 Å². The Labute approximate surface area is 140 Å². The van der Waals surface area contributed by atoms with Crippen LogP contribution in [0.25, 0.3) is 5.52 Å².